The minimum absolute atomic E-state index is 0.739. The van der Waals surface area contributed by atoms with Gasteiger partial charge in [0.15, 0.2) is 5.71 Å². The van der Waals surface area contributed by atoms with Gasteiger partial charge in [-0.05, 0) is 19.8 Å². The van der Waals surface area contributed by atoms with Crippen LogP contribution in [0.1, 0.15) is 46.0 Å². The first kappa shape index (κ1) is 8.76. The highest BCUT2D eigenvalue weighted by molar-refractivity contribution is 5.81. The van der Waals surface area contributed by atoms with Gasteiger partial charge in [-0.15, -0.1) is 0 Å². The van der Waals surface area contributed by atoms with Crippen molar-refractivity contribution < 1.29 is 4.58 Å². The van der Waals surface area contributed by atoms with Crippen molar-refractivity contribution in [3.8, 4) is 0 Å². The Bertz CT molecular complexity index is 150. The van der Waals surface area contributed by atoms with Crippen molar-refractivity contribution >= 4 is 5.71 Å². The monoisotopic (exact) mass is 154 g/mol. The van der Waals surface area contributed by atoms with Crippen LogP contribution in [0.2, 0.25) is 0 Å². The fourth-order valence-corrected chi connectivity index (χ4v) is 1.72. The summed E-state index contributed by atoms with van der Waals surface area (Å²) in [7, 11) is 2.24. The normalized spacial score (nSPS) is 20.5. The predicted molar refractivity (Wildman–Crippen MR) is 49.4 cm³/mol. The van der Waals surface area contributed by atoms with Crippen molar-refractivity contribution in [1.29, 1.82) is 0 Å². The summed E-state index contributed by atoms with van der Waals surface area (Å²) in [5, 5.41) is 0. The van der Waals surface area contributed by atoms with Crippen LogP contribution in [0, 0.1) is 0 Å². The van der Waals surface area contributed by atoms with Crippen LogP contribution < -0.4 is 0 Å². The Morgan fingerprint density at radius 2 is 1.91 bits per heavy atom. The minimum atomic E-state index is 0.739. The molecule has 1 nitrogen and oxygen atoms in total. The molecule has 0 N–H and O–H groups in total. The third-order valence-electron chi connectivity index (χ3n) is 2.93. The van der Waals surface area contributed by atoms with Gasteiger partial charge in [-0.2, -0.15) is 0 Å². The molecule has 0 aliphatic heterocycles. The SMILES string of the molecule is CCC(C)[N+](C)=C1CCCC1. The third kappa shape index (κ3) is 2.05. The first-order chi connectivity index (χ1) is 5.25. The largest absolute Gasteiger partial charge is 0.237 e. The molecular weight excluding hydrogens is 134 g/mol. The second-order valence-corrected chi connectivity index (χ2v) is 3.64. The summed E-state index contributed by atoms with van der Waals surface area (Å²) in [6, 6.07) is 0.739. The molecule has 0 saturated heterocycles. The van der Waals surface area contributed by atoms with E-state index < -0.39 is 0 Å². The van der Waals surface area contributed by atoms with Crippen LogP contribution in [0.5, 0.6) is 0 Å². The Morgan fingerprint density at radius 3 is 2.36 bits per heavy atom. The maximum atomic E-state index is 2.48. The van der Waals surface area contributed by atoms with E-state index in [1.807, 2.05) is 0 Å². The van der Waals surface area contributed by atoms with E-state index in [4.69, 9.17) is 0 Å². The average Bonchev–Trinajstić information content (AvgIpc) is 2.53. The Kier molecular flexibility index (Phi) is 3.10. The molecule has 1 saturated carbocycles. The van der Waals surface area contributed by atoms with E-state index in [1.54, 1.807) is 5.71 Å². The molecule has 64 valence electrons. The highest BCUT2D eigenvalue weighted by Gasteiger charge is 2.19. The second-order valence-electron chi connectivity index (χ2n) is 3.64. The number of hydrogen-bond donors (Lipinski definition) is 0. The molecule has 0 heterocycles. The summed E-state index contributed by atoms with van der Waals surface area (Å²) >= 11 is 0. The van der Waals surface area contributed by atoms with E-state index >= 15 is 0 Å². The van der Waals surface area contributed by atoms with E-state index in [-0.39, 0.29) is 0 Å². The van der Waals surface area contributed by atoms with E-state index in [0.29, 0.717) is 0 Å². The van der Waals surface area contributed by atoms with Crippen molar-refractivity contribution in [1.82, 2.24) is 0 Å². The fourth-order valence-electron chi connectivity index (χ4n) is 1.72. The molecule has 0 aromatic rings. The molecule has 0 bridgehead atoms. The van der Waals surface area contributed by atoms with E-state index in [9.17, 15) is 0 Å². The molecule has 1 unspecified atom stereocenters. The van der Waals surface area contributed by atoms with Gasteiger partial charge in [0.1, 0.15) is 13.1 Å². The highest BCUT2D eigenvalue weighted by Crippen LogP contribution is 2.15. The van der Waals surface area contributed by atoms with Crippen molar-refractivity contribution in [2.75, 3.05) is 7.05 Å². The zero-order valence-electron chi connectivity index (χ0n) is 8.06. The molecule has 0 radical (unpaired) electrons. The van der Waals surface area contributed by atoms with Crippen LogP contribution in [0.3, 0.4) is 0 Å². The van der Waals surface area contributed by atoms with Crippen molar-refractivity contribution in [2.24, 2.45) is 0 Å². The summed E-state index contributed by atoms with van der Waals surface area (Å²) in [6.45, 7) is 4.57. The summed E-state index contributed by atoms with van der Waals surface area (Å²) in [4.78, 5) is 0. The van der Waals surface area contributed by atoms with Gasteiger partial charge in [0.25, 0.3) is 0 Å². The van der Waals surface area contributed by atoms with E-state index in [0.717, 1.165) is 6.04 Å². The Morgan fingerprint density at radius 1 is 1.36 bits per heavy atom. The predicted octanol–water partition coefficient (Wildman–Crippen LogP) is 2.44. The van der Waals surface area contributed by atoms with Crippen LogP contribution in [-0.4, -0.2) is 23.4 Å². The van der Waals surface area contributed by atoms with Crippen molar-refractivity contribution in [3.05, 3.63) is 0 Å². The van der Waals surface area contributed by atoms with E-state index in [2.05, 4.69) is 25.5 Å². The van der Waals surface area contributed by atoms with Crippen LogP contribution in [0.25, 0.3) is 0 Å². The van der Waals surface area contributed by atoms with Gasteiger partial charge < -0.3 is 0 Å². The molecule has 1 aliphatic rings. The standard InChI is InChI=1S/C10H20N/c1-4-9(2)11(3)10-7-5-6-8-10/h9H,4-8H2,1-3H3/q+1. The number of hydrogen-bond acceptors (Lipinski definition) is 0. The van der Waals surface area contributed by atoms with Crippen LogP contribution in [-0.2, 0) is 0 Å². The van der Waals surface area contributed by atoms with Gasteiger partial charge in [0.2, 0.25) is 0 Å². The molecule has 1 fully saturated rings. The van der Waals surface area contributed by atoms with Gasteiger partial charge >= 0.3 is 0 Å². The molecule has 1 rings (SSSR count). The molecule has 0 spiro atoms. The molecule has 1 aliphatic carbocycles. The molecule has 11 heavy (non-hydrogen) atoms. The highest BCUT2D eigenvalue weighted by atomic mass is 15.0. The molecule has 0 amide bonds. The molecule has 1 atom stereocenters. The van der Waals surface area contributed by atoms with Gasteiger partial charge in [0, 0.05) is 19.3 Å². The first-order valence-electron chi connectivity index (χ1n) is 4.83. The summed E-state index contributed by atoms with van der Waals surface area (Å²) < 4.78 is 2.48. The van der Waals surface area contributed by atoms with Gasteiger partial charge in [0.05, 0.1) is 0 Å². The molecule has 1 heteroatoms. The van der Waals surface area contributed by atoms with Crippen molar-refractivity contribution in [3.63, 3.8) is 0 Å². The minimum Gasteiger partial charge on any atom is -0.237 e. The lowest BCUT2D eigenvalue weighted by Crippen LogP contribution is -2.24. The maximum absolute atomic E-state index is 2.48. The molecule has 0 aromatic carbocycles. The zero-order chi connectivity index (χ0) is 8.27. The second kappa shape index (κ2) is 3.89. The quantitative estimate of drug-likeness (QED) is 0.537. The Hall–Kier alpha value is -0.330. The molecular formula is C10H20N+. The maximum Gasteiger partial charge on any atom is 0.152 e. The van der Waals surface area contributed by atoms with Crippen molar-refractivity contribution in [2.45, 2.75) is 52.0 Å². The first-order valence-corrected chi connectivity index (χ1v) is 4.83. The van der Waals surface area contributed by atoms with Crippen LogP contribution in [0.15, 0.2) is 0 Å². The lowest BCUT2D eigenvalue weighted by molar-refractivity contribution is -0.536. The number of nitrogens with zero attached hydrogens (tertiary/aromatic N) is 1. The van der Waals surface area contributed by atoms with Crippen LogP contribution >= 0.6 is 0 Å². The van der Waals surface area contributed by atoms with Gasteiger partial charge in [-0.3, -0.25) is 0 Å². The van der Waals surface area contributed by atoms with Gasteiger partial charge in [-0.1, -0.05) is 6.92 Å². The fraction of sp³-hybridized carbons (Fsp3) is 0.900. The summed E-state index contributed by atoms with van der Waals surface area (Å²) in [5.41, 5.74) is 1.68. The molecule has 0 aromatic heterocycles. The summed E-state index contributed by atoms with van der Waals surface area (Å²) in [6.07, 6.45) is 6.79. The lowest BCUT2D eigenvalue weighted by Gasteiger charge is -2.07. The summed E-state index contributed by atoms with van der Waals surface area (Å²) in [5.74, 6) is 0. The topological polar surface area (TPSA) is 3.01 Å². The Labute approximate surface area is 70.1 Å². The number of rotatable bonds is 2. The average molecular weight is 154 g/mol. The smallest absolute Gasteiger partial charge is 0.152 e. The van der Waals surface area contributed by atoms with E-state index in [1.165, 1.54) is 32.1 Å². The zero-order valence-corrected chi connectivity index (χ0v) is 8.06. The lowest BCUT2D eigenvalue weighted by atomic mass is 10.2. The van der Waals surface area contributed by atoms with Crippen LogP contribution in [0.4, 0.5) is 0 Å². The third-order valence-corrected chi connectivity index (χ3v) is 2.93. The Balaban J connectivity index is 2.61. The van der Waals surface area contributed by atoms with Gasteiger partial charge in [-0.25, -0.2) is 4.58 Å².